The van der Waals surface area contributed by atoms with Gasteiger partial charge in [-0.1, -0.05) is 37.8 Å². The van der Waals surface area contributed by atoms with E-state index in [1.54, 1.807) is 30.5 Å². The van der Waals surface area contributed by atoms with Crippen molar-refractivity contribution in [2.75, 3.05) is 11.4 Å². The lowest BCUT2D eigenvalue weighted by Crippen LogP contribution is -2.44. The molecule has 1 saturated carbocycles. The van der Waals surface area contributed by atoms with E-state index >= 15 is 0 Å². The van der Waals surface area contributed by atoms with Crippen molar-refractivity contribution in [2.24, 2.45) is 0 Å². The lowest BCUT2D eigenvalue weighted by atomic mass is 10.1. The Morgan fingerprint density at radius 2 is 1.89 bits per heavy atom. The molecule has 1 aromatic heterocycles. The van der Waals surface area contributed by atoms with E-state index < -0.39 is 0 Å². The van der Waals surface area contributed by atoms with E-state index in [1.807, 2.05) is 12.1 Å². The third-order valence-corrected chi connectivity index (χ3v) is 5.13. The molecule has 1 fully saturated rings. The van der Waals surface area contributed by atoms with Crippen molar-refractivity contribution in [3.05, 3.63) is 48.2 Å². The smallest absolute Gasteiger partial charge is 0.264 e. The topological polar surface area (TPSA) is 71.5 Å². The molecule has 1 aromatic carbocycles. The van der Waals surface area contributed by atoms with Crippen molar-refractivity contribution in [1.82, 2.24) is 10.3 Å². The summed E-state index contributed by atoms with van der Waals surface area (Å²) in [6.07, 6.45) is 8.34. The highest BCUT2D eigenvalue weighted by atomic mass is 16.5. The minimum atomic E-state index is -0.279. The zero-order valence-electron chi connectivity index (χ0n) is 15.2. The van der Waals surface area contributed by atoms with Gasteiger partial charge < -0.3 is 10.1 Å². The number of fused-ring (bicyclic) bond motifs is 2. The number of hydrogen-bond donors (Lipinski definition) is 1. The summed E-state index contributed by atoms with van der Waals surface area (Å²) in [6, 6.07) is 10.8. The second-order valence-corrected chi connectivity index (χ2v) is 7.07. The highest BCUT2D eigenvalue weighted by Crippen LogP contribution is 2.37. The molecule has 2 aliphatic rings. The molecule has 6 nitrogen and oxygen atoms in total. The van der Waals surface area contributed by atoms with E-state index in [1.165, 1.54) is 17.7 Å². The summed E-state index contributed by atoms with van der Waals surface area (Å²) in [7, 11) is 0. The van der Waals surface area contributed by atoms with E-state index in [0.717, 1.165) is 25.7 Å². The average molecular weight is 365 g/mol. The van der Waals surface area contributed by atoms with Crippen molar-refractivity contribution in [2.45, 2.75) is 44.6 Å². The summed E-state index contributed by atoms with van der Waals surface area (Å²) in [5.74, 6) is 0.364. The molecule has 0 bridgehead atoms. The zero-order valence-corrected chi connectivity index (χ0v) is 15.2. The first-order valence-corrected chi connectivity index (χ1v) is 9.55. The molecule has 1 aliphatic carbocycles. The van der Waals surface area contributed by atoms with E-state index in [0.29, 0.717) is 17.0 Å². The van der Waals surface area contributed by atoms with Crippen LogP contribution in [0.4, 0.5) is 5.69 Å². The molecule has 6 heteroatoms. The molecule has 0 radical (unpaired) electrons. The van der Waals surface area contributed by atoms with E-state index in [-0.39, 0.29) is 30.3 Å². The van der Waals surface area contributed by atoms with Gasteiger partial charge in [-0.3, -0.25) is 14.5 Å². The van der Waals surface area contributed by atoms with Gasteiger partial charge in [0.05, 0.1) is 5.69 Å². The molecule has 27 heavy (non-hydrogen) atoms. The Hall–Kier alpha value is -2.89. The Kier molecular flexibility index (Phi) is 5.05. The van der Waals surface area contributed by atoms with Crippen LogP contribution in [0.3, 0.4) is 0 Å². The van der Waals surface area contributed by atoms with Crippen LogP contribution in [0.25, 0.3) is 0 Å². The Bertz CT molecular complexity index is 844. The van der Waals surface area contributed by atoms with E-state index in [4.69, 9.17) is 4.74 Å². The molecule has 2 aromatic rings. The monoisotopic (exact) mass is 365 g/mol. The third-order valence-electron chi connectivity index (χ3n) is 5.13. The van der Waals surface area contributed by atoms with Gasteiger partial charge >= 0.3 is 0 Å². The number of aromatic nitrogens is 1. The molecular weight excluding hydrogens is 342 g/mol. The molecule has 0 saturated heterocycles. The molecule has 1 N–H and O–H groups in total. The number of rotatable bonds is 3. The number of nitrogens with one attached hydrogen (secondary N) is 1. The Labute approximate surface area is 158 Å². The third kappa shape index (κ3) is 3.79. The SMILES string of the molecule is O=C(CN1C(=O)c2cccnc2Oc2ccccc21)NC1CCCCCC1. The molecule has 2 heterocycles. The predicted octanol–water partition coefficient (Wildman–Crippen LogP) is 3.67. The Morgan fingerprint density at radius 3 is 2.70 bits per heavy atom. The first kappa shape index (κ1) is 17.5. The summed E-state index contributed by atoms with van der Waals surface area (Å²) in [5.41, 5.74) is 0.937. The molecule has 4 rings (SSSR count). The molecule has 2 amide bonds. The number of ether oxygens (including phenoxy) is 1. The van der Waals surface area contributed by atoms with Crippen LogP contribution in [0.2, 0.25) is 0 Å². The number of carbonyl (C=O) groups is 2. The molecule has 0 unspecified atom stereocenters. The largest absolute Gasteiger partial charge is 0.436 e. The van der Waals surface area contributed by atoms with Crippen molar-refractivity contribution in [3.8, 4) is 11.6 Å². The molecule has 0 spiro atoms. The first-order chi connectivity index (χ1) is 13.2. The number of nitrogens with zero attached hydrogens (tertiary/aromatic N) is 2. The fourth-order valence-corrected chi connectivity index (χ4v) is 3.76. The Balaban J connectivity index is 1.58. The van der Waals surface area contributed by atoms with E-state index in [2.05, 4.69) is 10.3 Å². The number of amides is 2. The fraction of sp³-hybridized carbons (Fsp3) is 0.381. The molecule has 140 valence electrons. The van der Waals surface area contributed by atoms with Gasteiger partial charge in [0.2, 0.25) is 11.8 Å². The van der Waals surface area contributed by atoms with Crippen LogP contribution in [-0.4, -0.2) is 29.4 Å². The number of hydrogen-bond acceptors (Lipinski definition) is 4. The zero-order chi connectivity index (χ0) is 18.6. The first-order valence-electron chi connectivity index (χ1n) is 9.55. The second-order valence-electron chi connectivity index (χ2n) is 7.07. The fourth-order valence-electron chi connectivity index (χ4n) is 3.76. The summed E-state index contributed by atoms with van der Waals surface area (Å²) in [5, 5.41) is 3.11. The highest BCUT2D eigenvalue weighted by Gasteiger charge is 2.30. The molecular formula is C21H23N3O3. The number of anilines is 1. The predicted molar refractivity (Wildman–Crippen MR) is 102 cm³/mol. The van der Waals surface area contributed by atoms with Gasteiger partial charge in [0, 0.05) is 12.2 Å². The van der Waals surface area contributed by atoms with Crippen LogP contribution >= 0.6 is 0 Å². The number of carbonyl (C=O) groups excluding carboxylic acids is 2. The quantitative estimate of drug-likeness (QED) is 0.843. The number of pyridine rings is 1. The van der Waals surface area contributed by atoms with Gasteiger partial charge in [0.25, 0.3) is 5.91 Å². The van der Waals surface area contributed by atoms with Crippen LogP contribution in [0.5, 0.6) is 11.6 Å². The van der Waals surface area contributed by atoms with Gasteiger partial charge in [-0.15, -0.1) is 0 Å². The van der Waals surface area contributed by atoms with Gasteiger partial charge in [0.1, 0.15) is 12.1 Å². The van der Waals surface area contributed by atoms with Crippen molar-refractivity contribution < 1.29 is 14.3 Å². The van der Waals surface area contributed by atoms with Crippen molar-refractivity contribution in [3.63, 3.8) is 0 Å². The van der Waals surface area contributed by atoms with Crippen molar-refractivity contribution >= 4 is 17.5 Å². The molecule has 0 atom stereocenters. The van der Waals surface area contributed by atoms with Gasteiger partial charge in [-0.25, -0.2) is 4.98 Å². The average Bonchev–Trinajstić information content (AvgIpc) is 3.00. The van der Waals surface area contributed by atoms with Gasteiger partial charge in [-0.2, -0.15) is 0 Å². The van der Waals surface area contributed by atoms with Crippen LogP contribution in [0, 0.1) is 0 Å². The van der Waals surface area contributed by atoms with Gasteiger partial charge in [-0.05, 0) is 37.1 Å². The lowest BCUT2D eigenvalue weighted by molar-refractivity contribution is -0.120. The van der Waals surface area contributed by atoms with Crippen LogP contribution in [0.1, 0.15) is 48.9 Å². The summed E-state index contributed by atoms with van der Waals surface area (Å²) < 4.78 is 5.85. The van der Waals surface area contributed by atoms with Crippen LogP contribution in [0.15, 0.2) is 42.6 Å². The Morgan fingerprint density at radius 1 is 1.11 bits per heavy atom. The number of para-hydroxylation sites is 2. The normalized spacial score (nSPS) is 17.2. The minimum Gasteiger partial charge on any atom is -0.436 e. The maximum absolute atomic E-state index is 13.1. The maximum atomic E-state index is 13.1. The van der Waals surface area contributed by atoms with Crippen molar-refractivity contribution in [1.29, 1.82) is 0 Å². The summed E-state index contributed by atoms with van der Waals surface area (Å²) >= 11 is 0. The van der Waals surface area contributed by atoms with E-state index in [9.17, 15) is 9.59 Å². The highest BCUT2D eigenvalue weighted by molar-refractivity contribution is 6.11. The summed E-state index contributed by atoms with van der Waals surface area (Å²) in [6.45, 7) is -0.0377. The second kappa shape index (κ2) is 7.78. The maximum Gasteiger partial charge on any atom is 0.264 e. The van der Waals surface area contributed by atoms with Gasteiger partial charge in [0.15, 0.2) is 5.75 Å². The standard InChI is InChI=1S/C21H23N3O3/c25-19(23-15-8-3-1-2-4-9-15)14-24-17-11-5-6-12-18(17)27-20-16(21(24)26)10-7-13-22-20/h5-7,10-13,15H,1-4,8-9,14H2,(H,23,25). The summed E-state index contributed by atoms with van der Waals surface area (Å²) in [4.78, 5) is 31.5. The lowest BCUT2D eigenvalue weighted by Gasteiger charge is -2.23. The van der Waals surface area contributed by atoms with Crippen LogP contribution < -0.4 is 15.0 Å². The number of benzene rings is 1. The minimum absolute atomic E-state index is 0.0377. The molecule has 1 aliphatic heterocycles. The van der Waals surface area contributed by atoms with Crippen LogP contribution in [-0.2, 0) is 4.79 Å².